The average Bonchev–Trinajstić information content (AvgIpc) is 3.13. The molecule has 1 aromatic heterocycles. The van der Waals surface area contributed by atoms with Gasteiger partial charge in [0.1, 0.15) is 0 Å². The summed E-state index contributed by atoms with van der Waals surface area (Å²) in [5.74, 6) is 2.41. The number of aromatic nitrogens is 1. The van der Waals surface area contributed by atoms with Crippen molar-refractivity contribution in [1.29, 1.82) is 0 Å². The van der Waals surface area contributed by atoms with E-state index in [4.69, 9.17) is 0 Å². The summed E-state index contributed by atoms with van der Waals surface area (Å²) in [5, 5.41) is 0. The lowest BCUT2D eigenvalue weighted by molar-refractivity contribution is 0.482. The second kappa shape index (κ2) is 6.60. The van der Waals surface area contributed by atoms with Crippen LogP contribution in [-0.4, -0.2) is 40.5 Å². The minimum atomic E-state index is -0.240. The molecule has 3 heterocycles. The van der Waals surface area contributed by atoms with Gasteiger partial charge in [-0.05, 0) is 49.7 Å². The highest BCUT2D eigenvalue weighted by atomic mass is 31.1. The van der Waals surface area contributed by atoms with Gasteiger partial charge in [0.05, 0.1) is 13.9 Å². The average molecular weight is 275 g/mol. The third-order valence-electron chi connectivity index (χ3n) is 3.81. The molecule has 0 aliphatic carbocycles. The zero-order valence-electron chi connectivity index (χ0n) is 11.4. The molecule has 2 fully saturated rings. The highest BCUT2D eigenvalue weighted by molar-refractivity contribution is 7.56. The molecule has 0 unspecified atom stereocenters. The van der Waals surface area contributed by atoms with Crippen LogP contribution in [0.4, 0.5) is 0 Å². The van der Waals surface area contributed by atoms with Crippen LogP contribution in [0.15, 0.2) is 30.2 Å². The topological polar surface area (TPSA) is 19.4 Å². The molecule has 102 valence electrons. The van der Waals surface area contributed by atoms with Gasteiger partial charge in [-0.3, -0.25) is 14.3 Å². The molecule has 19 heavy (non-hydrogen) atoms. The van der Waals surface area contributed by atoms with Gasteiger partial charge in [-0.2, -0.15) is 0 Å². The Morgan fingerprint density at radius 2 is 1.58 bits per heavy atom. The fourth-order valence-corrected chi connectivity index (χ4v) is 5.20. The molecule has 0 aromatic carbocycles. The van der Waals surface area contributed by atoms with E-state index in [1.807, 2.05) is 12.3 Å². The molecule has 0 atom stereocenters. The molecule has 2 aliphatic heterocycles. The molecule has 0 N–H and O–H groups in total. The molecule has 0 amide bonds. The van der Waals surface area contributed by atoms with Crippen LogP contribution in [0.25, 0.3) is 6.08 Å². The van der Waals surface area contributed by atoms with Crippen molar-refractivity contribution in [2.24, 2.45) is 0 Å². The largest absolute Gasteiger partial charge is 0.267 e. The van der Waals surface area contributed by atoms with Gasteiger partial charge < -0.3 is 0 Å². The lowest BCUT2D eigenvalue weighted by atomic mass is 10.3. The Hall–Kier alpha value is -0.760. The Labute approximate surface area is 117 Å². The maximum absolute atomic E-state index is 4.39. The molecule has 3 nitrogen and oxygen atoms in total. The molecular formula is C15H22N3P. The van der Waals surface area contributed by atoms with Crippen LogP contribution in [-0.2, 0) is 0 Å². The quantitative estimate of drug-likeness (QED) is 0.783. The minimum absolute atomic E-state index is 0.240. The number of pyridine rings is 1. The Morgan fingerprint density at radius 3 is 2.11 bits per heavy atom. The van der Waals surface area contributed by atoms with Crippen LogP contribution in [0.3, 0.4) is 0 Å². The third kappa shape index (κ3) is 3.42. The first-order valence-electron chi connectivity index (χ1n) is 7.32. The standard InChI is InChI=1S/C15H22N3P/c1-2-9-16-15(7-1)8-14-19(17-10-3-4-11-17)18-12-5-6-13-18/h1-2,7-9,14H,3-6,10-13H2. The van der Waals surface area contributed by atoms with Gasteiger partial charge >= 0.3 is 0 Å². The van der Waals surface area contributed by atoms with Crippen molar-refractivity contribution < 1.29 is 0 Å². The van der Waals surface area contributed by atoms with E-state index in [0.717, 1.165) is 5.69 Å². The molecule has 0 bridgehead atoms. The van der Waals surface area contributed by atoms with Crippen LogP contribution in [0, 0.1) is 0 Å². The lowest BCUT2D eigenvalue weighted by Crippen LogP contribution is -2.23. The van der Waals surface area contributed by atoms with E-state index in [-0.39, 0.29) is 8.22 Å². The first-order chi connectivity index (χ1) is 9.43. The van der Waals surface area contributed by atoms with Crippen LogP contribution in [0.5, 0.6) is 0 Å². The molecule has 0 saturated carbocycles. The second-order valence-corrected chi connectivity index (χ2v) is 7.28. The summed E-state index contributed by atoms with van der Waals surface area (Å²) in [6, 6.07) is 6.11. The lowest BCUT2D eigenvalue weighted by Gasteiger charge is -2.32. The molecule has 0 spiro atoms. The van der Waals surface area contributed by atoms with E-state index in [0.29, 0.717) is 0 Å². The van der Waals surface area contributed by atoms with E-state index in [2.05, 4.69) is 38.4 Å². The maximum atomic E-state index is 4.39. The van der Waals surface area contributed by atoms with Gasteiger partial charge in [0, 0.05) is 32.4 Å². The summed E-state index contributed by atoms with van der Waals surface area (Å²) in [6.45, 7) is 5.09. The van der Waals surface area contributed by atoms with E-state index in [9.17, 15) is 0 Å². The maximum Gasteiger partial charge on any atom is 0.0648 e. The molecule has 0 radical (unpaired) electrons. The number of rotatable bonds is 4. The van der Waals surface area contributed by atoms with Crippen LogP contribution in [0.2, 0.25) is 0 Å². The van der Waals surface area contributed by atoms with Crippen molar-refractivity contribution in [2.45, 2.75) is 25.7 Å². The normalized spacial score (nSPS) is 21.9. The van der Waals surface area contributed by atoms with Gasteiger partial charge in [-0.15, -0.1) is 0 Å². The SMILES string of the molecule is C(=CP(N1CCCC1)N1CCCC1)c1ccccn1. The van der Waals surface area contributed by atoms with Gasteiger partial charge in [0.15, 0.2) is 0 Å². The van der Waals surface area contributed by atoms with Gasteiger partial charge in [-0.25, -0.2) is 0 Å². The highest BCUT2D eigenvalue weighted by Crippen LogP contribution is 2.49. The van der Waals surface area contributed by atoms with E-state index >= 15 is 0 Å². The predicted molar refractivity (Wildman–Crippen MR) is 81.8 cm³/mol. The Bertz CT molecular complexity index is 393. The fourth-order valence-electron chi connectivity index (χ4n) is 2.80. The Morgan fingerprint density at radius 1 is 0.947 bits per heavy atom. The Balaban J connectivity index is 1.72. The van der Waals surface area contributed by atoms with Crippen molar-refractivity contribution in [3.63, 3.8) is 0 Å². The first kappa shape index (κ1) is 13.2. The third-order valence-corrected chi connectivity index (χ3v) is 6.19. The van der Waals surface area contributed by atoms with Crippen molar-refractivity contribution in [2.75, 3.05) is 26.2 Å². The molecule has 4 heteroatoms. The fraction of sp³-hybridized carbons (Fsp3) is 0.533. The second-order valence-electron chi connectivity index (χ2n) is 5.21. The van der Waals surface area contributed by atoms with E-state index in [1.54, 1.807) is 0 Å². The predicted octanol–water partition coefficient (Wildman–Crippen LogP) is 3.56. The number of hydrogen-bond donors (Lipinski definition) is 0. The first-order valence-corrected chi connectivity index (χ1v) is 8.63. The molecule has 2 aliphatic rings. The van der Waals surface area contributed by atoms with Crippen molar-refractivity contribution in [3.05, 3.63) is 35.9 Å². The highest BCUT2D eigenvalue weighted by Gasteiger charge is 2.27. The van der Waals surface area contributed by atoms with Crippen LogP contribution >= 0.6 is 8.22 Å². The molecular weight excluding hydrogens is 253 g/mol. The summed E-state index contributed by atoms with van der Waals surface area (Å²) in [7, 11) is -0.240. The minimum Gasteiger partial charge on any atom is -0.267 e. The summed E-state index contributed by atoms with van der Waals surface area (Å²) in [5.41, 5.74) is 1.08. The zero-order chi connectivity index (χ0) is 12.9. The molecule has 1 aromatic rings. The van der Waals surface area contributed by atoms with Gasteiger partial charge in [0.2, 0.25) is 0 Å². The monoisotopic (exact) mass is 275 g/mol. The summed E-state index contributed by atoms with van der Waals surface area (Å²) in [4.78, 5) is 4.39. The Kier molecular flexibility index (Phi) is 4.60. The van der Waals surface area contributed by atoms with Gasteiger partial charge in [0.25, 0.3) is 0 Å². The summed E-state index contributed by atoms with van der Waals surface area (Å²) >= 11 is 0. The number of hydrogen-bond acceptors (Lipinski definition) is 3. The summed E-state index contributed by atoms with van der Waals surface area (Å²) in [6.07, 6.45) is 9.54. The van der Waals surface area contributed by atoms with Crippen LogP contribution < -0.4 is 0 Å². The van der Waals surface area contributed by atoms with Crippen molar-refractivity contribution in [1.82, 2.24) is 14.3 Å². The molecule has 3 rings (SSSR count). The van der Waals surface area contributed by atoms with Crippen molar-refractivity contribution >= 4 is 14.3 Å². The van der Waals surface area contributed by atoms with Crippen molar-refractivity contribution in [3.8, 4) is 0 Å². The molecule has 2 saturated heterocycles. The van der Waals surface area contributed by atoms with E-state index in [1.165, 1.54) is 51.9 Å². The van der Waals surface area contributed by atoms with Gasteiger partial charge in [-0.1, -0.05) is 6.07 Å². The van der Waals surface area contributed by atoms with E-state index < -0.39 is 0 Å². The smallest absolute Gasteiger partial charge is 0.0648 e. The number of nitrogens with zero attached hydrogens (tertiary/aromatic N) is 3. The zero-order valence-corrected chi connectivity index (χ0v) is 12.3. The summed E-state index contributed by atoms with van der Waals surface area (Å²) < 4.78 is 5.36. The van der Waals surface area contributed by atoms with Crippen LogP contribution in [0.1, 0.15) is 31.4 Å².